The van der Waals surface area contributed by atoms with Gasteiger partial charge in [0.1, 0.15) is 12.4 Å². The first kappa shape index (κ1) is 22.2. The van der Waals surface area contributed by atoms with Crippen molar-refractivity contribution in [1.29, 1.82) is 0 Å². The molecule has 0 bridgehead atoms. The van der Waals surface area contributed by atoms with E-state index < -0.39 is 0 Å². The van der Waals surface area contributed by atoms with Crippen molar-refractivity contribution < 1.29 is 0 Å². The number of anilines is 1. The van der Waals surface area contributed by atoms with Crippen LogP contribution < -0.4 is 10.2 Å². The molecule has 0 amide bonds. The first-order chi connectivity index (χ1) is 13.1. The summed E-state index contributed by atoms with van der Waals surface area (Å²) in [5.41, 5.74) is 2.59. The molecular weight excluding hydrogens is 465 g/mol. The zero-order valence-corrected chi connectivity index (χ0v) is 19.3. The summed E-state index contributed by atoms with van der Waals surface area (Å²) in [6.07, 6.45) is 1.85. The maximum absolute atomic E-state index is 4.78. The van der Waals surface area contributed by atoms with Gasteiger partial charge in [0.15, 0.2) is 11.8 Å². The lowest BCUT2D eigenvalue weighted by atomic mass is 10.2. The fourth-order valence-electron chi connectivity index (χ4n) is 3.17. The first-order valence-electron chi connectivity index (χ1n) is 9.39. The average Bonchev–Trinajstić information content (AvgIpc) is 3.00. The third-order valence-electron chi connectivity index (χ3n) is 4.90. The van der Waals surface area contributed by atoms with E-state index in [0.717, 1.165) is 43.8 Å². The number of nitrogens with one attached hydrogen (secondary N) is 1. The molecule has 0 radical (unpaired) electrons. The van der Waals surface area contributed by atoms with Crippen molar-refractivity contribution in [2.24, 2.45) is 12.0 Å². The lowest BCUT2D eigenvalue weighted by Gasteiger charge is -2.37. The maximum atomic E-state index is 4.78. The van der Waals surface area contributed by atoms with Gasteiger partial charge in [-0.1, -0.05) is 18.2 Å². The normalized spacial score (nSPS) is 14.6. The van der Waals surface area contributed by atoms with Gasteiger partial charge in [-0.25, -0.2) is 4.99 Å². The highest BCUT2D eigenvalue weighted by atomic mass is 127. The zero-order valence-electron chi connectivity index (χ0n) is 16.9. The lowest BCUT2D eigenvalue weighted by Crippen LogP contribution is -2.52. The second-order valence-corrected chi connectivity index (χ2v) is 6.84. The quantitative estimate of drug-likeness (QED) is 0.299. The molecule has 2 heterocycles. The van der Waals surface area contributed by atoms with Gasteiger partial charge in [-0.15, -0.1) is 40.8 Å². The van der Waals surface area contributed by atoms with Crippen molar-refractivity contribution >= 4 is 35.6 Å². The Morgan fingerprint density at radius 2 is 1.96 bits per heavy atom. The molecule has 3 rings (SSSR count). The molecule has 0 saturated carbocycles. The summed E-state index contributed by atoms with van der Waals surface area (Å²) in [6.45, 7) is 12.9. The first-order valence-corrected chi connectivity index (χ1v) is 9.39. The minimum absolute atomic E-state index is 0. The van der Waals surface area contributed by atoms with Crippen LogP contribution in [0.25, 0.3) is 0 Å². The molecule has 0 aliphatic carbocycles. The van der Waals surface area contributed by atoms with Crippen LogP contribution in [0.15, 0.2) is 41.9 Å². The van der Waals surface area contributed by atoms with Crippen LogP contribution in [0.5, 0.6) is 0 Å². The molecule has 0 atom stereocenters. The van der Waals surface area contributed by atoms with Gasteiger partial charge in [-0.2, -0.15) is 0 Å². The van der Waals surface area contributed by atoms with Gasteiger partial charge in [-0.3, -0.25) is 0 Å². The largest absolute Gasteiger partial charge is 0.368 e. The summed E-state index contributed by atoms with van der Waals surface area (Å²) >= 11 is 0. The third-order valence-corrected chi connectivity index (χ3v) is 4.90. The Labute approximate surface area is 184 Å². The molecule has 7 nitrogen and oxygen atoms in total. The second-order valence-electron chi connectivity index (χ2n) is 6.84. The van der Waals surface area contributed by atoms with Gasteiger partial charge in [0.25, 0.3) is 0 Å². The van der Waals surface area contributed by atoms with Crippen LogP contribution in [-0.2, 0) is 13.6 Å². The van der Waals surface area contributed by atoms with Gasteiger partial charge in [0, 0.05) is 45.5 Å². The number of piperazine rings is 1. The Hall–Kier alpha value is -2.10. The number of rotatable bonds is 5. The number of hydrogen-bond acceptors (Lipinski definition) is 4. The number of guanidine groups is 1. The lowest BCUT2D eigenvalue weighted by molar-refractivity contribution is 0.373. The summed E-state index contributed by atoms with van der Waals surface area (Å²) in [4.78, 5) is 9.52. The molecule has 8 heteroatoms. The molecule has 1 aliphatic rings. The van der Waals surface area contributed by atoms with E-state index in [1.807, 2.05) is 24.6 Å². The van der Waals surface area contributed by atoms with Gasteiger partial charge in [0.2, 0.25) is 0 Å². The monoisotopic (exact) mass is 495 g/mol. The number of halogens is 1. The third kappa shape index (κ3) is 5.46. The number of benzene rings is 1. The van der Waals surface area contributed by atoms with Gasteiger partial charge >= 0.3 is 0 Å². The summed E-state index contributed by atoms with van der Waals surface area (Å²) in [7, 11) is 1.97. The summed E-state index contributed by atoms with van der Waals surface area (Å²) in [5.74, 6) is 2.66. The van der Waals surface area contributed by atoms with Crippen molar-refractivity contribution in [2.75, 3.05) is 37.6 Å². The molecule has 28 heavy (non-hydrogen) atoms. The maximum Gasteiger partial charge on any atom is 0.194 e. The molecule has 0 spiro atoms. The minimum atomic E-state index is 0. The number of aliphatic imine (C=N–C) groups is 1. The van der Waals surface area contributed by atoms with Crippen LogP contribution in [0.2, 0.25) is 0 Å². The van der Waals surface area contributed by atoms with E-state index >= 15 is 0 Å². The highest BCUT2D eigenvalue weighted by Crippen LogP contribution is 2.18. The zero-order chi connectivity index (χ0) is 19.2. The molecule has 152 valence electrons. The van der Waals surface area contributed by atoms with Crippen LogP contribution in [0.4, 0.5) is 5.69 Å². The van der Waals surface area contributed by atoms with E-state index in [2.05, 4.69) is 63.1 Å². The van der Waals surface area contributed by atoms with Crippen LogP contribution in [-0.4, -0.2) is 58.3 Å². The van der Waals surface area contributed by atoms with Crippen LogP contribution in [0, 0.1) is 13.8 Å². The SMILES string of the molecule is C=CCNC(=NCc1nnc(C)n1C)N1CCN(c2cccc(C)c2)CC1.I. The number of aryl methyl sites for hydroxylation is 2. The van der Waals surface area contributed by atoms with Crippen molar-refractivity contribution in [3.05, 3.63) is 54.1 Å². The van der Waals surface area contributed by atoms with Crippen LogP contribution in [0.3, 0.4) is 0 Å². The van der Waals surface area contributed by atoms with E-state index in [4.69, 9.17) is 4.99 Å². The van der Waals surface area contributed by atoms with Gasteiger partial charge < -0.3 is 19.7 Å². The van der Waals surface area contributed by atoms with Crippen molar-refractivity contribution in [3.8, 4) is 0 Å². The van der Waals surface area contributed by atoms with E-state index in [-0.39, 0.29) is 24.0 Å². The molecule has 1 aromatic carbocycles. The second kappa shape index (κ2) is 10.4. The van der Waals surface area contributed by atoms with Gasteiger partial charge in [-0.05, 0) is 31.5 Å². The van der Waals surface area contributed by atoms with E-state index in [0.29, 0.717) is 13.1 Å². The van der Waals surface area contributed by atoms with E-state index in [1.54, 1.807) is 0 Å². The molecule has 2 aromatic rings. The molecule has 1 saturated heterocycles. The van der Waals surface area contributed by atoms with E-state index in [9.17, 15) is 0 Å². The fraction of sp³-hybridized carbons (Fsp3) is 0.450. The fourth-order valence-corrected chi connectivity index (χ4v) is 3.17. The Bertz CT molecular complexity index is 807. The number of nitrogens with zero attached hydrogens (tertiary/aromatic N) is 6. The topological polar surface area (TPSA) is 61.6 Å². The summed E-state index contributed by atoms with van der Waals surface area (Å²) < 4.78 is 1.98. The molecule has 1 aliphatic heterocycles. The predicted octanol–water partition coefficient (Wildman–Crippen LogP) is 2.50. The molecule has 1 N–H and O–H groups in total. The highest BCUT2D eigenvalue weighted by molar-refractivity contribution is 14.0. The molecule has 1 aromatic heterocycles. The van der Waals surface area contributed by atoms with Gasteiger partial charge in [0.05, 0.1) is 0 Å². The molecule has 1 fully saturated rings. The smallest absolute Gasteiger partial charge is 0.194 e. The summed E-state index contributed by atoms with van der Waals surface area (Å²) in [6, 6.07) is 8.69. The molecule has 0 unspecified atom stereocenters. The van der Waals surface area contributed by atoms with E-state index in [1.165, 1.54) is 11.3 Å². The Balaban J connectivity index is 0.00000280. The minimum Gasteiger partial charge on any atom is -0.368 e. The number of hydrogen-bond donors (Lipinski definition) is 1. The Morgan fingerprint density at radius 3 is 2.57 bits per heavy atom. The summed E-state index contributed by atoms with van der Waals surface area (Å²) in [5, 5.41) is 11.7. The Kier molecular flexibility index (Phi) is 8.28. The van der Waals surface area contributed by atoms with Crippen molar-refractivity contribution in [2.45, 2.75) is 20.4 Å². The highest BCUT2D eigenvalue weighted by Gasteiger charge is 2.20. The number of aromatic nitrogens is 3. The van der Waals surface area contributed by atoms with Crippen LogP contribution in [0.1, 0.15) is 17.2 Å². The standard InChI is InChI=1S/C20H29N7.HI/c1-5-9-21-20(22-15-19-24-23-17(3)25(19)4)27-12-10-26(11-13-27)18-8-6-7-16(2)14-18;/h5-8,14H,1,9-13,15H2,2-4H3,(H,21,22);1H. The molecular formula is C20H30IN7. The average molecular weight is 495 g/mol. The van der Waals surface area contributed by atoms with Crippen molar-refractivity contribution in [3.63, 3.8) is 0 Å². The predicted molar refractivity (Wildman–Crippen MR) is 125 cm³/mol. The Morgan fingerprint density at radius 1 is 1.21 bits per heavy atom. The van der Waals surface area contributed by atoms with Crippen LogP contribution >= 0.6 is 24.0 Å². The van der Waals surface area contributed by atoms with Crippen molar-refractivity contribution in [1.82, 2.24) is 25.0 Å².